The molecule has 2 heterocycles. The highest BCUT2D eigenvalue weighted by molar-refractivity contribution is 9.10. The minimum absolute atomic E-state index is 0.0480. The number of halogens is 1. The molecule has 1 amide bonds. The maximum atomic E-state index is 12.5. The van der Waals surface area contributed by atoms with Gasteiger partial charge in [0, 0.05) is 42.6 Å². The Kier molecular flexibility index (Phi) is 6.63. The third kappa shape index (κ3) is 4.75. The van der Waals surface area contributed by atoms with Crippen LogP contribution in [0, 0.1) is 0 Å². The lowest BCUT2D eigenvalue weighted by Gasteiger charge is -2.18. The Labute approximate surface area is 171 Å². The minimum Gasteiger partial charge on any atom is -0.341 e. The predicted molar refractivity (Wildman–Crippen MR) is 110 cm³/mol. The maximum Gasteiger partial charge on any atom is 0.233 e. The van der Waals surface area contributed by atoms with Crippen LogP contribution in [0.15, 0.2) is 58.4 Å². The third-order valence-electron chi connectivity index (χ3n) is 4.09. The van der Waals surface area contributed by atoms with Gasteiger partial charge in [0.05, 0.1) is 5.75 Å². The lowest BCUT2D eigenvalue weighted by atomic mass is 10.2. The van der Waals surface area contributed by atoms with Crippen molar-refractivity contribution in [1.29, 1.82) is 0 Å². The van der Waals surface area contributed by atoms with Crippen LogP contribution < -0.4 is 0 Å². The van der Waals surface area contributed by atoms with Crippen LogP contribution in [-0.4, -0.2) is 43.4 Å². The largest absolute Gasteiger partial charge is 0.341 e. The van der Waals surface area contributed by atoms with Gasteiger partial charge in [-0.2, -0.15) is 0 Å². The first-order valence-corrected chi connectivity index (χ1v) is 10.3. The van der Waals surface area contributed by atoms with Crippen LogP contribution in [0.3, 0.4) is 0 Å². The molecular formula is C19H20BrN5OS. The van der Waals surface area contributed by atoms with Crippen LogP contribution in [0.25, 0.3) is 11.4 Å². The summed E-state index contributed by atoms with van der Waals surface area (Å²) in [5.74, 6) is 1.15. The highest BCUT2D eigenvalue weighted by atomic mass is 79.9. The summed E-state index contributed by atoms with van der Waals surface area (Å²) in [7, 11) is 1.81. The summed E-state index contributed by atoms with van der Waals surface area (Å²) in [4.78, 5) is 18.3. The fraction of sp³-hybridized carbons (Fsp3) is 0.263. The van der Waals surface area contributed by atoms with Gasteiger partial charge < -0.3 is 9.47 Å². The van der Waals surface area contributed by atoms with Crippen molar-refractivity contribution in [3.05, 3.63) is 58.8 Å². The molecule has 0 saturated heterocycles. The molecule has 0 aliphatic carbocycles. The Morgan fingerprint density at radius 3 is 2.63 bits per heavy atom. The van der Waals surface area contributed by atoms with Crippen molar-refractivity contribution >= 4 is 33.6 Å². The summed E-state index contributed by atoms with van der Waals surface area (Å²) in [5.41, 5.74) is 2.04. The van der Waals surface area contributed by atoms with E-state index in [0.29, 0.717) is 12.3 Å². The van der Waals surface area contributed by atoms with Crippen molar-refractivity contribution in [3.63, 3.8) is 0 Å². The summed E-state index contributed by atoms with van der Waals surface area (Å²) >= 11 is 4.93. The van der Waals surface area contributed by atoms with Crippen LogP contribution in [0.1, 0.15) is 12.5 Å². The second kappa shape index (κ2) is 9.14. The normalized spacial score (nSPS) is 10.8. The molecule has 140 valence electrons. The Balaban J connectivity index is 1.65. The lowest BCUT2D eigenvalue weighted by molar-refractivity contribution is -0.127. The standard InChI is InChI=1S/C19H20BrN5OS/c1-3-25-18(14-8-10-21-11-9-14)22-23-19(25)27-13-17(26)24(2)12-15-6-4-5-7-16(15)20/h4-11H,3,12-13H2,1-2H3. The molecule has 0 atom stereocenters. The summed E-state index contributed by atoms with van der Waals surface area (Å²) in [6, 6.07) is 11.7. The molecule has 2 aromatic heterocycles. The van der Waals surface area contributed by atoms with Crippen LogP contribution in [0.2, 0.25) is 0 Å². The molecule has 0 aliphatic heterocycles. The Morgan fingerprint density at radius 1 is 1.19 bits per heavy atom. The maximum absolute atomic E-state index is 12.5. The number of thioether (sulfide) groups is 1. The zero-order valence-electron chi connectivity index (χ0n) is 15.2. The van der Waals surface area contributed by atoms with Crippen molar-refractivity contribution in [2.45, 2.75) is 25.2 Å². The summed E-state index contributed by atoms with van der Waals surface area (Å²) in [6.07, 6.45) is 3.47. The van der Waals surface area contributed by atoms with Crippen molar-refractivity contribution in [2.75, 3.05) is 12.8 Å². The molecule has 0 bridgehead atoms. The fourth-order valence-corrected chi connectivity index (χ4v) is 3.95. The van der Waals surface area contributed by atoms with Gasteiger partial charge in [0.15, 0.2) is 11.0 Å². The number of hydrogen-bond acceptors (Lipinski definition) is 5. The van der Waals surface area contributed by atoms with Crippen LogP contribution >= 0.6 is 27.7 Å². The van der Waals surface area contributed by atoms with Crippen molar-refractivity contribution in [3.8, 4) is 11.4 Å². The molecule has 1 aromatic carbocycles. The molecule has 0 spiro atoms. The molecule has 0 N–H and O–H groups in total. The number of amides is 1. The van der Waals surface area contributed by atoms with Gasteiger partial charge in [-0.1, -0.05) is 45.9 Å². The SMILES string of the molecule is CCn1c(SCC(=O)N(C)Cc2ccccc2Br)nnc1-c1ccncc1. The zero-order valence-corrected chi connectivity index (χ0v) is 17.6. The van der Waals surface area contributed by atoms with Gasteiger partial charge in [-0.05, 0) is 30.7 Å². The Bertz CT molecular complexity index is 915. The molecule has 0 saturated carbocycles. The third-order valence-corrected chi connectivity index (χ3v) is 5.81. The van der Waals surface area contributed by atoms with E-state index in [2.05, 4.69) is 31.1 Å². The molecular weight excluding hydrogens is 426 g/mol. The second-order valence-electron chi connectivity index (χ2n) is 5.92. The predicted octanol–water partition coefficient (Wildman–Crippen LogP) is 3.87. The van der Waals surface area contributed by atoms with E-state index in [1.807, 2.05) is 54.9 Å². The highest BCUT2D eigenvalue weighted by Crippen LogP contribution is 2.24. The monoisotopic (exact) mass is 445 g/mol. The van der Waals surface area contributed by atoms with E-state index in [-0.39, 0.29) is 5.91 Å². The Hall–Kier alpha value is -2.19. The van der Waals surface area contributed by atoms with Crippen molar-refractivity contribution in [1.82, 2.24) is 24.6 Å². The molecule has 3 rings (SSSR count). The number of aromatic nitrogens is 4. The number of carbonyl (C=O) groups excluding carboxylic acids is 1. The van der Waals surface area contributed by atoms with Gasteiger partial charge in [0.25, 0.3) is 0 Å². The molecule has 8 heteroatoms. The number of hydrogen-bond donors (Lipinski definition) is 0. The molecule has 27 heavy (non-hydrogen) atoms. The van der Waals surface area contributed by atoms with E-state index in [0.717, 1.165) is 33.1 Å². The number of benzene rings is 1. The minimum atomic E-state index is 0.0480. The van der Waals surface area contributed by atoms with E-state index in [4.69, 9.17) is 0 Å². The average molecular weight is 446 g/mol. The van der Waals surface area contributed by atoms with E-state index in [1.165, 1.54) is 11.8 Å². The second-order valence-corrected chi connectivity index (χ2v) is 7.71. The lowest BCUT2D eigenvalue weighted by Crippen LogP contribution is -2.28. The summed E-state index contributed by atoms with van der Waals surface area (Å²) in [6.45, 7) is 3.33. The quantitative estimate of drug-likeness (QED) is 0.516. The van der Waals surface area contributed by atoms with E-state index >= 15 is 0 Å². The highest BCUT2D eigenvalue weighted by Gasteiger charge is 2.16. The molecule has 0 unspecified atom stereocenters. The van der Waals surface area contributed by atoms with E-state index < -0.39 is 0 Å². The van der Waals surface area contributed by atoms with Crippen molar-refractivity contribution < 1.29 is 4.79 Å². The zero-order chi connectivity index (χ0) is 19.2. The van der Waals surface area contributed by atoms with Gasteiger partial charge in [-0.15, -0.1) is 10.2 Å². The number of pyridine rings is 1. The topological polar surface area (TPSA) is 63.9 Å². The average Bonchev–Trinajstić information content (AvgIpc) is 3.11. The fourth-order valence-electron chi connectivity index (χ4n) is 2.60. The van der Waals surface area contributed by atoms with Gasteiger partial charge in [0.1, 0.15) is 0 Å². The molecule has 0 radical (unpaired) electrons. The molecule has 0 fully saturated rings. The van der Waals surface area contributed by atoms with Crippen molar-refractivity contribution in [2.24, 2.45) is 0 Å². The summed E-state index contributed by atoms with van der Waals surface area (Å²) in [5, 5.41) is 9.31. The van der Waals surface area contributed by atoms with Crippen LogP contribution in [-0.2, 0) is 17.9 Å². The van der Waals surface area contributed by atoms with E-state index in [1.54, 1.807) is 17.3 Å². The first-order valence-electron chi connectivity index (χ1n) is 8.54. The number of carbonyl (C=O) groups is 1. The summed E-state index contributed by atoms with van der Waals surface area (Å²) < 4.78 is 3.02. The molecule has 3 aromatic rings. The van der Waals surface area contributed by atoms with Crippen LogP contribution in [0.4, 0.5) is 0 Å². The van der Waals surface area contributed by atoms with Gasteiger partial charge in [0.2, 0.25) is 5.91 Å². The molecule has 0 aliphatic rings. The first-order chi connectivity index (χ1) is 13.1. The van der Waals surface area contributed by atoms with Crippen LogP contribution in [0.5, 0.6) is 0 Å². The molecule has 6 nitrogen and oxygen atoms in total. The van der Waals surface area contributed by atoms with E-state index in [9.17, 15) is 4.79 Å². The van der Waals surface area contributed by atoms with Gasteiger partial charge >= 0.3 is 0 Å². The Morgan fingerprint density at radius 2 is 1.93 bits per heavy atom. The smallest absolute Gasteiger partial charge is 0.233 e. The number of nitrogens with zero attached hydrogens (tertiary/aromatic N) is 5. The number of rotatable bonds is 7. The van der Waals surface area contributed by atoms with Gasteiger partial charge in [-0.25, -0.2) is 0 Å². The first kappa shape index (κ1) is 19.6. The van der Waals surface area contributed by atoms with Gasteiger partial charge in [-0.3, -0.25) is 9.78 Å².